The average molecular weight is 294 g/mol. The summed E-state index contributed by atoms with van der Waals surface area (Å²) in [6.07, 6.45) is 2.25. The van der Waals surface area contributed by atoms with E-state index in [9.17, 15) is 10.0 Å². The topological polar surface area (TPSA) is 55.2 Å². The van der Waals surface area contributed by atoms with E-state index in [0.717, 1.165) is 29.8 Å². The van der Waals surface area contributed by atoms with Crippen molar-refractivity contribution in [3.05, 3.63) is 64.9 Å². The number of ketones is 1. The molecule has 0 aromatic heterocycles. The summed E-state index contributed by atoms with van der Waals surface area (Å²) in [6.45, 7) is 3.07. The number of benzene rings is 2. The molecule has 0 radical (unpaired) electrons. The van der Waals surface area contributed by atoms with Gasteiger partial charge in [-0.15, -0.1) is 0 Å². The highest BCUT2D eigenvalue weighted by Gasteiger charge is 2.35. The van der Waals surface area contributed by atoms with Crippen LogP contribution in [0.3, 0.4) is 0 Å². The van der Waals surface area contributed by atoms with Gasteiger partial charge in [0.25, 0.3) is 11.5 Å². The lowest BCUT2D eigenvalue weighted by Crippen LogP contribution is -2.16. The van der Waals surface area contributed by atoms with Gasteiger partial charge in [0, 0.05) is 18.3 Å². The molecule has 0 spiro atoms. The molecule has 4 heteroatoms. The van der Waals surface area contributed by atoms with Gasteiger partial charge in [-0.1, -0.05) is 25.5 Å². The van der Waals surface area contributed by atoms with Gasteiger partial charge in [-0.05, 0) is 36.8 Å². The first-order valence-electron chi connectivity index (χ1n) is 7.54. The second kappa shape index (κ2) is 6.02. The largest absolute Gasteiger partial charge is 0.618 e. The molecule has 4 nitrogen and oxygen atoms in total. The number of anilines is 1. The Labute approximate surface area is 129 Å². The van der Waals surface area contributed by atoms with Crippen LogP contribution in [0.1, 0.15) is 35.7 Å². The Morgan fingerprint density at radius 1 is 1.09 bits per heavy atom. The van der Waals surface area contributed by atoms with E-state index in [4.69, 9.17) is 0 Å². The van der Waals surface area contributed by atoms with E-state index in [1.165, 1.54) is 0 Å². The second-order valence-electron chi connectivity index (χ2n) is 5.35. The van der Waals surface area contributed by atoms with Crippen molar-refractivity contribution in [3.8, 4) is 0 Å². The molecule has 0 unspecified atom stereocenters. The summed E-state index contributed by atoms with van der Waals surface area (Å²) in [5.74, 6) is -0.211. The molecule has 112 valence electrons. The molecule has 1 heterocycles. The van der Waals surface area contributed by atoms with Crippen LogP contribution in [0, 0.1) is 5.21 Å². The molecule has 1 N–H and O–H groups in total. The summed E-state index contributed by atoms with van der Waals surface area (Å²) >= 11 is 0. The van der Waals surface area contributed by atoms with Gasteiger partial charge in [0.05, 0.1) is 5.56 Å². The number of hydrogen-bond acceptors (Lipinski definition) is 3. The predicted octanol–water partition coefficient (Wildman–Crippen LogP) is 3.73. The number of fused-ring (bicyclic) bond motifs is 1. The molecule has 1 aliphatic heterocycles. The number of nitrogens with one attached hydrogen (secondary N) is 1. The molecule has 0 atom stereocenters. The van der Waals surface area contributed by atoms with Crippen molar-refractivity contribution in [3.63, 3.8) is 0 Å². The molecule has 22 heavy (non-hydrogen) atoms. The Bertz CT molecular complexity index is 733. The molecule has 0 amide bonds. The zero-order valence-electron chi connectivity index (χ0n) is 12.5. The monoisotopic (exact) mass is 294 g/mol. The van der Waals surface area contributed by atoms with E-state index in [1.54, 1.807) is 24.3 Å². The van der Waals surface area contributed by atoms with Gasteiger partial charge in [-0.3, -0.25) is 4.79 Å². The van der Waals surface area contributed by atoms with Crippen molar-refractivity contribution in [1.29, 1.82) is 0 Å². The lowest BCUT2D eigenvalue weighted by Gasteiger charge is -2.06. The first-order chi connectivity index (χ1) is 10.7. The average Bonchev–Trinajstić information content (AvgIpc) is 2.81. The maximum atomic E-state index is 12.4. The second-order valence-corrected chi connectivity index (χ2v) is 5.35. The number of carbonyl (C=O) groups excluding carboxylic acids is 1. The van der Waals surface area contributed by atoms with Crippen LogP contribution in [0.2, 0.25) is 0 Å². The van der Waals surface area contributed by atoms with Crippen LogP contribution >= 0.6 is 0 Å². The van der Waals surface area contributed by atoms with Crippen LogP contribution in [0.15, 0.2) is 48.5 Å². The Kier molecular flexibility index (Phi) is 3.92. The van der Waals surface area contributed by atoms with Crippen molar-refractivity contribution >= 4 is 22.9 Å². The molecule has 0 saturated heterocycles. The third-order valence-electron chi connectivity index (χ3n) is 3.80. The number of nitrogens with zero attached hydrogens (tertiary/aromatic N) is 1. The lowest BCUT2D eigenvalue weighted by molar-refractivity contribution is -0.355. The van der Waals surface area contributed by atoms with Crippen LogP contribution in [0.25, 0.3) is 0 Å². The van der Waals surface area contributed by atoms with E-state index in [1.807, 2.05) is 24.3 Å². The third-order valence-corrected chi connectivity index (χ3v) is 3.80. The van der Waals surface area contributed by atoms with Crippen molar-refractivity contribution in [1.82, 2.24) is 0 Å². The molecular formula is C18H18N2O2. The Morgan fingerprint density at radius 3 is 2.50 bits per heavy atom. The van der Waals surface area contributed by atoms with Crippen molar-refractivity contribution in [2.24, 2.45) is 0 Å². The molecule has 2 aromatic rings. The van der Waals surface area contributed by atoms with Gasteiger partial charge < -0.3 is 10.5 Å². The number of carbonyl (C=O) groups is 1. The van der Waals surface area contributed by atoms with E-state index in [0.29, 0.717) is 16.8 Å². The highest BCUT2D eigenvalue weighted by molar-refractivity contribution is 6.52. The predicted molar refractivity (Wildman–Crippen MR) is 88.0 cm³/mol. The zero-order chi connectivity index (χ0) is 15.5. The van der Waals surface area contributed by atoms with E-state index < -0.39 is 0 Å². The normalized spacial score (nSPS) is 13.4. The smallest absolute Gasteiger partial charge is 0.272 e. The summed E-state index contributed by atoms with van der Waals surface area (Å²) in [6, 6.07) is 14.3. The van der Waals surface area contributed by atoms with Crippen molar-refractivity contribution in [2.75, 3.05) is 11.9 Å². The van der Waals surface area contributed by atoms with Crippen LogP contribution in [-0.4, -0.2) is 22.8 Å². The number of Topliss-reactive ketones (excluding diaryl/α,β-unsaturated/α-hetero) is 1. The third kappa shape index (κ3) is 2.48. The Morgan fingerprint density at radius 2 is 1.82 bits per heavy atom. The fourth-order valence-corrected chi connectivity index (χ4v) is 2.59. The number of unbranched alkanes of at least 4 members (excludes halogenated alkanes) is 1. The van der Waals surface area contributed by atoms with E-state index in [-0.39, 0.29) is 11.5 Å². The summed E-state index contributed by atoms with van der Waals surface area (Å²) in [4.78, 5) is 12.4. The van der Waals surface area contributed by atoms with Gasteiger partial charge >= 0.3 is 0 Å². The molecule has 0 fully saturated rings. The van der Waals surface area contributed by atoms with E-state index >= 15 is 0 Å². The first-order valence-corrected chi connectivity index (χ1v) is 7.54. The zero-order valence-corrected chi connectivity index (χ0v) is 12.5. The van der Waals surface area contributed by atoms with Gasteiger partial charge in [0.1, 0.15) is 5.56 Å². The maximum Gasteiger partial charge on any atom is 0.272 e. The SMILES string of the molecule is CCCCNc1ccc(C2=[N+]([O-])c3ccccc3C2=O)cc1. The molecule has 0 aliphatic carbocycles. The first kappa shape index (κ1) is 14.3. The van der Waals surface area contributed by atoms with Gasteiger partial charge in [-0.25, -0.2) is 0 Å². The molecule has 3 rings (SSSR count). The van der Waals surface area contributed by atoms with Crippen molar-refractivity contribution < 1.29 is 9.53 Å². The summed E-state index contributed by atoms with van der Waals surface area (Å²) < 4.78 is 0.733. The molecular weight excluding hydrogens is 276 g/mol. The Balaban J connectivity index is 1.86. The lowest BCUT2D eigenvalue weighted by atomic mass is 10.0. The van der Waals surface area contributed by atoms with Crippen LogP contribution < -0.4 is 5.32 Å². The fraction of sp³-hybridized carbons (Fsp3) is 0.222. The Hall–Kier alpha value is -2.62. The van der Waals surface area contributed by atoms with Gasteiger partial charge in [-0.2, -0.15) is 4.74 Å². The minimum Gasteiger partial charge on any atom is -0.618 e. The van der Waals surface area contributed by atoms with Crippen LogP contribution in [0.5, 0.6) is 0 Å². The molecule has 1 aliphatic rings. The quantitative estimate of drug-likeness (QED) is 0.519. The minimum absolute atomic E-state index is 0.196. The fourth-order valence-electron chi connectivity index (χ4n) is 2.59. The minimum atomic E-state index is -0.211. The van der Waals surface area contributed by atoms with Gasteiger partial charge in [0.15, 0.2) is 0 Å². The highest BCUT2D eigenvalue weighted by Crippen LogP contribution is 2.27. The number of rotatable bonds is 5. The van der Waals surface area contributed by atoms with Gasteiger partial charge in [0.2, 0.25) is 5.69 Å². The highest BCUT2D eigenvalue weighted by atomic mass is 16.5. The molecule has 0 saturated carbocycles. The van der Waals surface area contributed by atoms with Crippen molar-refractivity contribution in [2.45, 2.75) is 19.8 Å². The number of hydrogen-bond donors (Lipinski definition) is 1. The van der Waals surface area contributed by atoms with E-state index in [2.05, 4.69) is 12.2 Å². The maximum absolute atomic E-state index is 12.4. The number of para-hydroxylation sites is 1. The summed E-state index contributed by atoms with van der Waals surface area (Å²) in [7, 11) is 0. The standard InChI is InChI=1S/C18H18N2O2/c1-2-3-12-19-14-10-8-13(9-11-14)17-18(21)15-6-4-5-7-16(15)20(17)22/h4-11,19H,2-3,12H2,1H3. The summed E-state index contributed by atoms with van der Waals surface area (Å²) in [5.41, 5.74) is 2.74. The van der Waals surface area contributed by atoms with Crippen LogP contribution in [-0.2, 0) is 0 Å². The summed E-state index contributed by atoms with van der Waals surface area (Å²) in [5, 5.41) is 15.7. The molecule has 2 aromatic carbocycles. The van der Waals surface area contributed by atoms with Crippen LogP contribution in [0.4, 0.5) is 11.4 Å². The molecule has 0 bridgehead atoms.